The number of unbranched alkanes of at least 4 members (excludes halogenated alkanes) is 1. The predicted molar refractivity (Wildman–Crippen MR) is 361 cm³/mol. The highest BCUT2D eigenvalue weighted by atomic mass is 35.5. The van der Waals surface area contributed by atoms with Crippen LogP contribution in [0.25, 0.3) is 21.8 Å². The number of nitrogens with zero attached hydrogens (tertiary/aromatic N) is 4. The molecule has 508 valence electrons. The minimum atomic E-state index is -4.98. The molecule has 94 heavy (non-hydrogen) atoms. The molecule has 3 saturated carbocycles. The molecule has 10 rings (SSSR count). The Bertz CT molecular complexity index is 3800. The summed E-state index contributed by atoms with van der Waals surface area (Å²) in [5, 5.41) is 9.89. The van der Waals surface area contributed by atoms with Gasteiger partial charge in [0.15, 0.2) is 17.3 Å². The highest BCUT2D eigenvalue weighted by Gasteiger charge is 2.76. The normalized spacial score (nSPS) is 19.5. The van der Waals surface area contributed by atoms with Crippen LogP contribution in [-0.4, -0.2) is 153 Å². The van der Waals surface area contributed by atoms with Gasteiger partial charge in [0.25, 0.3) is 5.17 Å². The topological polar surface area (TPSA) is 354 Å². The third-order valence-electron chi connectivity index (χ3n) is 18.7. The molecule has 3 aliphatic carbocycles. The zero-order valence-corrected chi connectivity index (χ0v) is 57.1. The number of phosphoric ester groups is 1. The fraction of sp³-hybridized carbons (Fsp3) is 0.523. The third-order valence-corrected chi connectivity index (χ3v) is 20.3. The first-order chi connectivity index (χ1) is 44.5. The number of rotatable bonds is 30. The number of nitrogens with one attached hydrogen (secondary N) is 5. The highest BCUT2D eigenvalue weighted by Crippen LogP contribution is 2.75. The van der Waals surface area contributed by atoms with Crippen LogP contribution in [0.2, 0.25) is 0 Å². The van der Waals surface area contributed by atoms with Gasteiger partial charge in [-0.05, 0) is 130 Å². The van der Waals surface area contributed by atoms with Crippen molar-refractivity contribution in [3.8, 4) is 11.5 Å². The van der Waals surface area contributed by atoms with Crippen LogP contribution in [0.4, 0.5) is 26.7 Å². The first kappa shape index (κ1) is 71.0. The molecule has 2 aliphatic heterocycles. The molecular formula is C65H84Cl2N11O14PS. The summed E-state index contributed by atoms with van der Waals surface area (Å²) in [6.07, 6.45) is 5.91. The maximum atomic E-state index is 15.0. The number of aromatic amines is 2. The number of primary amides is 1. The van der Waals surface area contributed by atoms with Crippen LogP contribution in [0.15, 0.2) is 48.8 Å². The molecule has 11 N–H and O–H groups in total. The number of ether oxygens (including phenoxy) is 2. The monoisotopic (exact) mass is 1380 g/mol. The SMILES string of the molecule is CC(=O)CC(CCCCN)C(=O)NC(C(=O)CC(CCCNC(N)=O)C(=O)Nc1ccc(COC(=S)N(C)CCN(C)C(=O)Oc2cc3c(c4c(C)c[nH]c24)C(CCl)CN3C(=O)C23CC(C(=O)N4CC(CCl)c5c4cc(OP(=O)(O)O)c4[nH]cc(C)c54)(C2)C3)cc1)C(C)C. The summed E-state index contributed by atoms with van der Waals surface area (Å²) in [5.41, 5.74) is 15.7. The number of anilines is 3. The summed E-state index contributed by atoms with van der Waals surface area (Å²) in [4.78, 5) is 141. The summed E-state index contributed by atoms with van der Waals surface area (Å²) in [5.74, 6) is -3.47. The molecule has 0 saturated heterocycles. The van der Waals surface area contributed by atoms with Crippen molar-refractivity contribution < 1.29 is 66.7 Å². The van der Waals surface area contributed by atoms with Crippen LogP contribution >= 0.6 is 43.2 Å². The van der Waals surface area contributed by atoms with Gasteiger partial charge in [0, 0.05) is 136 Å². The number of aromatic nitrogens is 2. The lowest BCUT2D eigenvalue weighted by atomic mass is 9.34. The molecule has 0 spiro atoms. The summed E-state index contributed by atoms with van der Waals surface area (Å²) >= 11 is 18.8. The predicted octanol–water partition coefficient (Wildman–Crippen LogP) is 8.64. The molecule has 2 bridgehead atoms. The average Bonchev–Trinajstić information content (AvgIpc) is 0.898. The zero-order chi connectivity index (χ0) is 68.3. The van der Waals surface area contributed by atoms with E-state index in [1.54, 1.807) is 79.2 Å². The van der Waals surface area contributed by atoms with Crippen molar-refractivity contribution in [3.05, 3.63) is 76.6 Å². The number of hydrogen-bond donors (Lipinski definition) is 9. The minimum Gasteiger partial charge on any atom is -0.466 e. The van der Waals surface area contributed by atoms with Crippen LogP contribution in [0.3, 0.4) is 0 Å². The van der Waals surface area contributed by atoms with E-state index in [4.69, 9.17) is 60.9 Å². The second-order valence-corrected chi connectivity index (χ2v) is 28.3. The van der Waals surface area contributed by atoms with Crippen LogP contribution in [0.1, 0.15) is 125 Å². The zero-order valence-electron chi connectivity index (χ0n) is 53.9. The number of amides is 7. The number of carbonyl (C=O) groups excluding carboxylic acids is 8. The van der Waals surface area contributed by atoms with Gasteiger partial charge in [0.2, 0.25) is 23.6 Å². The lowest BCUT2D eigenvalue weighted by molar-refractivity contribution is -0.205. The number of likely N-dealkylation sites (N-methyl/N-ethyl adjacent to an activating group) is 2. The lowest BCUT2D eigenvalue weighted by Crippen LogP contribution is -2.73. The van der Waals surface area contributed by atoms with Crippen molar-refractivity contribution in [2.24, 2.45) is 40.1 Å². The van der Waals surface area contributed by atoms with Crippen molar-refractivity contribution in [1.29, 1.82) is 0 Å². The number of thiocarbonyl (C=S) groups is 1. The average molecular weight is 1380 g/mol. The van der Waals surface area contributed by atoms with Gasteiger partial charge in [-0.15, -0.1) is 23.2 Å². The van der Waals surface area contributed by atoms with Crippen LogP contribution in [-0.2, 0) is 44.7 Å². The maximum absolute atomic E-state index is 15.0. The minimum absolute atomic E-state index is 0.0334. The van der Waals surface area contributed by atoms with Gasteiger partial charge in [-0.25, -0.2) is 14.2 Å². The number of hydrogen-bond acceptors (Lipinski definition) is 14. The van der Waals surface area contributed by atoms with Crippen molar-refractivity contribution >= 4 is 135 Å². The van der Waals surface area contributed by atoms with Gasteiger partial charge < -0.3 is 75.8 Å². The summed E-state index contributed by atoms with van der Waals surface area (Å²) < 4.78 is 29.3. The highest BCUT2D eigenvalue weighted by molar-refractivity contribution is 7.80. The number of nitrogens with two attached hydrogens (primary N) is 2. The Morgan fingerprint density at radius 2 is 1.32 bits per heavy atom. The van der Waals surface area contributed by atoms with E-state index in [9.17, 15) is 52.7 Å². The van der Waals surface area contributed by atoms with E-state index in [1.807, 2.05) is 20.0 Å². The maximum Gasteiger partial charge on any atom is 0.524 e. The second kappa shape index (κ2) is 29.4. The van der Waals surface area contributed by atoms with E-state index >= 15 is 0 Å². The number of carbonyl (C=O) groups is 8. The van der Waals surface area contributed by atoms with E-state index in [-0.39, 0.29) is 128 Å². The number of ketones is 2. The number of H-pyrrole nitrogens is 2. The van der Waals surface area contributed by atoms with Gasteiger partial charge in [-0.2, -0.15) is 0 Å². The van der Waals surface area contributed by atoms with Crippen molar-refractivity contribution in [3.63, 3.8) is 0 Å². The van der Waals surface area contributed by atoms with Gasteiger partial charge in [-0.3, -0.25) is 33.8 Å². The van der Waals surface area contributed by atoms with E-state index in [0.717, 1.165) is 33.2 Å². The molecule has 29 heteroatoms. The molecule has 5 unspecified atom stereocenters. The first-order valence-electron chi connectivity index (χ1n) is 31.6. The molecule has 3 aromatic carbocycles. The largest absolute Gasteiger partial charge is 0.524 e. The van der Waals surface area contributed by atoms with Crippen LogP contribution in [0, 0.1) is 42.4 Å². The molecule has 5 aromatic rings. The van der Waals surface area contributed by atoms with Gasteiger partial charge in [0.1, 0.15) is 12.4 Å². The van der Waals surface area contributed by atoms with E-state index < -0.39 is 60.5 Å². The third kappa shape index (κ3) is 15.2. The number of alkyl halides is 2. The quantitative estimate of drug-likeness (QED) is 0.00898. The Labute approximate surface area is 560 Å². The van der Waals surface area contributed by atoms with Crippen LogP contribution < -0.4 is 46.5 Å². The molecule has 3 fully saturated rings. The van der Waals surface area contributed by atoms with Crippen molar-refractivity contribution in [2.45, 2.75) is 123 Å². The second-order valence-electron chi connectivity index (χ2n) is 26.1. The Morgan fingerprint density at radius 1 is 0.787 bits per heavy atom. The summed E-state index contributed by atoms with van der Waals surface area (Å²) in [6.45, 7) is 10.4. The van der Waals surface area contributed by atoms with E-state index in [0.29, 0.717) is 85.0 Å². The molecule has 5 aliphatic rings. The molecule has 25 nitrogen and oxygen atoms in total. The molecule has 0 radical (unpaired) electrons. The Kier molecular flexibility index (Phi) is 22.2. The molecular weight excluding hydrogens is 1290 g/mol. The molecule has 7 amide bonds. The lowest BCUT2D eigenvalue weighted by Gasteiger charge is -2.69. The smallest absolute Gasteiger partial charge is 0.466 e. The molecule has 4 heterocycles. The first-order valence-corrected chi connectivity index (χ1v) is 34.6. The van der Waals surface area contributed by atoms with Crippen molar-refractivity contribution in [2.75, 3.05) is 80.2 Å². The van der Waals surface area contributed by atoms with Gasteiger partial charge in [0.05, 0.1) is 39.3 Å². The standard InChI is InChI=1S/C65H84Cl2N11O14PS/c1-35(2)54(74-58(82)40(21-38(5)79)11-8-9-17-68)47(80)22-41(12-10-18-70-61(69)85)57(81)73-44-15-13-39(14-16-44)31-90-63(94)76(7)20-19-75(6)62(86)91-48-23-45-52(50-36(3)27-71-55(48)50)42(25-66)29-77(45)59(83)64-32-65(33-64,34-64)60(84)78-30-43(26-67)53-46(78)24-49(92-93(87,88)89)56-51(53)37(4)28-72-56/h13-16,23-24,27-28,35,40-43,54,71-72H,8-12,17-22,25-26,29-34,68H2,1-7H3,(H,73,81)(H,74,82)(H3,69,70,85)(H2,87,88,89). The molecule has 2 aromatic heterocycles. The number of phosphoric acid groups is 1. The van der Waals surface area contributed by atoms with Crippen molar-refractivity contribution in [1.82, 2.24) is 30.4 Å². The summed E-state index contributed by atoms with van der Waals surface area (Å²) in [6, 6.07) is 8.41. The fourth-order valence-electron chi connectivity index (χ4n) is 13.9. The number of Topliss-reactive ketones (excluding diaryl/α,β-unsaturated/α-hetero) is 2. The van der Waals surface area contributed by atoms with Gasteiger partial charge >= 0.3 is 19.9 Å². The van der Waals surface area contributed by atoms with E-state index in [2.05, 4.69) is 25.9 Å². The number of urea groups is 1. The Balaban J connectivity index is 0.788. The van der Waals surface area contributed by atoms with Crippen LogP contribution in [0.5, 0.6) is 11.5 Å². The number of fused-ring (bicyclic) bond motifs is 6. The van der Waals surface area contributed by atoms with Gasteiger partial charge in [-0.1, -0.05) is 32.4 Å². The number of halogens is 2. The van der Waals surface area contributed by atoms with E-state index in [1.165, 1.54) is 17.9 Å². The summed E-state index contributed by atoms with van der Waals surface area (Å²) in [7, 11) is -1.68. The molecule has 5 atom stereocenters. The Morgan fingerprint density at radius 3 is 1.84 bits per heavy atom. The number of benzene rings is 3. The Hall–Kier alpha value is -7.32. The fourth-order valence-corrected chi connectivity index (χ4v) is 15.0. The number of aryl methyl sites for hydroxylation is 2.